The normalized spacial score (nSPS) is 12.2. The van der Waals surface area contributed by atoms with Crippen LogP contribution >= 0.6 is 0 Å². The molecule has 0 aliphatic rings. The van der Waals surface area contributed by atoms with E-state index in [2.05, 4.69) is 0 Å². The lowest BCUT2D eigenvalue weighted by atomic mass is 10.1. The van der Waals surface area contributed by atoms with Gasteiger partial charge in [-0.05, 0) is 13.0 Å². The van der Waals surface area contributed by atoms with E-state index in [0.717, 1.165) is 0 Å². The third-order valence-corrected chi connectivity index (χ3v) is 1.84. The van der Waals surface area contributed by atoms with Gasteiger partial charge in [-0.1, -0.05) is 6.07 Å². The van der Waals surface area contributed by atoms with Gasteiger partial charge in [-0.15, -0.1) is 0 Å². The Kier molecular flexibility index (Phi) is 3.62. The lowest BCUT2D eigenvalue weighted by molar-refractivity contribution is -0.119. The highest BCUT2D eigenvalue weighted by molar-refractivity contribution is 5.75. The maximum atomic E-state index is 12.9. The number of nitrogens with two attached hydrogens (primary N) is 2. The number of benzene rings is 1. The summed E-state index contributed by atoms with van der Waals surface area (Å²) in [5.41, 5.74) is 11.2. The van der Waals surface area contributed by atoms with Crippen LogP contribution in [0.25, 0.3) is 0 Å². The molecular formula is C10H13FN2O2. The third-order valence-electron chi connectivity index (χ3n) is 1.84. The fourth-order valence-electron chi connectivity index (χ4n) is 1.16. The molecule has 4 nitrogen and oxygen atoms in total. The highest BCUT2D eigenvalue weighted by Gasteiger charge is 2.10. The van der Waals surface area contributed by atoms with E-state index >= 15 is 0 Å². The molecule has 1 amide bonds. The topological polar surface area (TPSA) is 78.3 Å². The minimum absolute atomic E-state index is 0.254. The van der Waals surface area contributed by atoms with Crippen LogP contribution in [0.5, 0.6) is 5.75 Å². The molecule has 1 aromatic rings. The maximum Gasteiger partial charge on any atom is 0.255 e. The van der Waals surface area contributed by atoms with Crippen molar-refractivity contribution in [2.75, 3.05) is 6.61 Å². The zero-order chi connectivity index (χ0) is 11.4. The molecule has 0 aliphatic carbocycles. The van der Waals surface area contributed by atoms with Crippen molar-refractivity contribution in [2.24, 2.45) is 11.5 Å². The first-order valence-corrected chi connectivity index (χ1v) is 4.47. The van der Waals surface area contributed by atoms with Gasteiger partial charge in [0.2, 0.25) is 0 Å². The summed E-state index contributed by atoms with van der Waals surface area (Å²) in [5.74, 6) is -0.808. The molecule has 5 heteroatoms. The van der Waals surface area contributed by atoms with Gasteiger partial charge in [0, 0.05) is 17.7 Å². The van der Waals surface area contributed by atoms with Gasteiger partial charge in [0.25, 0.3) is 5.91 Å². The molecule has 4 N–H and O–H groups in total. The number of carbonyl (C=O) groups is 1. The minimum Gasteiger partial charge on any atom is -0.483 e. The summed E-state index contributed by atoms with van der Waals surface area (Å²) in [5, 5.41) is 0. The first kappa shape index (κ1) is 11.5. The number of ether oxygens (including phenoxy) is 1. The van der Waals surface area contributed by atoms with Crippen LogP contribution in [0.15, 0.2) is 18.2 Å². The molecular weight excluding hydrogens is 199 g/mol. The highest BCUT2D eigenvalue weighted by atomic mass is 19.1. The number of primary amides is 1. The van der Waals surface area contributed by atoms with Gasteiger partial charge in [0.15, 0.2) is 6.61 Å². The zero-order valence-corrected chi connectivity index (χ0v) is 8.37. The first-order valence-electron chi connectivity index (χ1n) is 4.47. The van der Waals surface area contributed by atoms with Gasteiger partial charge in [-0.2, -0.15) is 0 Å². The Balaban J connectivity index is 2.91. The van der Waals surface area contributed by atoms with Crippen LogP contribution in [0.1, 0.15) is 18.5 Å². The number of hydrogen-bond acceptors (Lipinski definition) is 3. The molecule has 0 aromatic heterocycles. The number of rotatable bonds is 4. The number of hydrogen-bond donors (Lipinski definition) is 2. The van der Waals surface area contributed by atoms with E-state index < -0.39 is 11.7 Å². The Hall–Kier alpha value is -1.62. The number of amides is 1. The summed E-state index contributed by atoms with van der Waals surface area (Å²) in [6, 6.07) is 3.70. The van der Waals surface area contributed by atoms with Crippen molar-refractivity contribution in [2.45, 2.75) is 13.0 Å². The summed E-state index contributed by atoms with van der Waals surface area (Å²) < 4.78 is 17.9. The van der Waals surface area contributed by atoms with Crippen LogP contribution in [0.3, 0.4) is 0 Å². The van der Waals surface area contributed by atoms with Gasteiger partial charge in [0.05, 0.1) is 0 Å². The molecule has 82 valence electrons. The lowest BCUT2D eigenvalue weighted by Crippen LogP contribution is -2.21. The monoisotopic (exact) mass is 212 g/mol. The van der Waals surface area contributed by atoms with E-state index in [1.807, 2.05) is 0 Å². The Bertz CT molecular complexity index is 366. The standard InChI is InChI=1S/C10H13FN2O2/c1-6(12)8-3-2-7(11)4-9(8)15-5-10(13)14/h2-4,6H,5,12H2,1H3,(H2,13,14)/t6-/m1/s1. The molecule has 15 heavy (non-hydrogen) atoms. The Morgan fingerprint density at radius 2 is 2.27 bits per heavy atom. The van der Waals surface area contributed by atoms with Crippen LogP contribution in [0.2, 0.25) is 0 Å². The molecule has 0 aliphatic heterocycles. The molecule has 0 fully saturated rings. The van der Waals surface area contributed by atoms with Crippen molar-refractivity contribution in [3.63, 3.8) is 0 Å². The van der Waals surface area contributed by atoms with E-state index in [9.17, 15) is 9.18 Å². The first-order chi connectivity index (χ1) is 7.00. The smallest absolute Gasteiger partial charge is 0.255 e. The van der Waals surface area contributed by atoms with Crippen molar-refractivity contribution in [1.29, 1.82) is 0 Å². The summed E-state index contributed by atoms with van der Waals surface area (Å²) in [6.07, 6.45) is 0. The van der Waals surface area contributed by atoms with Gasteiger partial charge in [-0.3, -0.25) is 4.79 Å². The quantitative estimate of drug-likeness (QED) is 0.771. The van der Waals surface area contributed by atoms with Crippen molar-refractivity contribution in [1.82, 2.24) is 0 Å². The van der Waals surface area contributed by atoms with Crippen molar-refractivity contribution in [3.8, 4) is 5.75 Å². The molecule has 0 unspecified atom stereocenters. The minimum atomic E-state index is -0.616. The molecule has 0 spiro atoms. The van der Waals surface area contributed by atoms with Crippen molar-refractivity contribution in [3.05, 3.63) is 29.6 Å². The van der Waals surface area contributed by atoms with Crippen LogP contribution in [0, 0.1) is 5.82 Å². The predicted octanol–water partition coefficient (Wildman–Crippen LogP) is 0.710. The van der Waals surface area contributed by atoms with Crippen LogP contribution in [-0.2, 0) is 4.79 Å². The third kappa shape index (κ3) is 3.21. The Labute approximate surface area is 87.0 Å². The summed E-state index contributed by atoms with van der Waals surface area (Å²) in [6.45, 7) is 1.45. The van der Waals surface area contributed by atoms with E-state index in [-0.39, 0.29) is 18.4 Å². The molecule has 0 saturated heterocycles. The molecule has 0 radical (unpaired) electrons. The SMILES string of the molecule is C[C@@H](N)c1ccc(F)cc1OCC(N)=O. The molecule has 1 rings (SSSR count). The largest absolute Gasteiger partial charge is 0.483 e. The van der Waals surface area contributed by atoms with Gasteiger partial charge in [0.1, 0.15) is 11.6 Å². The fourth-order valence-corrected chi connectivity index (χ4v) is 1.16. The average molecular weight is 212 g/mol. The second kappa shape index (κ2) is 4.75. The molecule has 1 aromatic carbocycles. The molecule has 1 atom stereocenters. The Morgan fingerprint density at radius 3 is 2.80 bits per heavy atom. The average Bonchev–Trinajstić information content (AvgIpc) is 2.14. The van der Waals surface area contributed by atoms with Gasteiger partial charge < -0.3 is 16.2 Å². The predicted molar refractivity (Wildman–Crippen MR) is 53.7 cm³/mol. The molecule has 0 bridgehead atoms. The van der Waals surface area contributed by atoms with Crippen LogP contribution < -0.4 is 16.2 Å². The summed E-state index contributed by atoms with van der Waals surface area (Å²) in [4.78, 5) is 10.5. The van der Waals surface area contributed by atoms with Crippen LogP contribution in [0.4, 0.5) is 4.39 Å². The number of halogens is 1. The second-order valence-electron chi connectivity index (χ2n) is 3.23. The van der Waals surface area contributed by atoms with E-state index in [1.54, 1.807) is 6.92 Å². The van der Waals surface area contributed by atoms with E-state index in [4.69, 9.17) is 16.2 Å². The number of carbonyl (C=O) groups excluding carboxylic acids is 1. The highest BCUT2D eigenvalue weighted by Crippen LogP contribution is 2.24. The van der Waals surface area contributed by atoms with E-state index in [0.29, 0.717) is 5.56 Å². The van der Waals surface area contributed by atoms with Crippen molar-refractivity contribution < 1.29 is 13.9 Å². The zero-order valence-electron chi connectivity index (χ0n) is 8.37. The second-order valence-corrected chi connectivity index (χ2v) is 3.23. The molecule has 0 heterocycles. The summed E-state index contributed by atoms with van der Waals surface area (Å²) in [7, 11) is 0. The van der Waals surface area contributed by atoms with E-state index in [1.165, 1.54) is 18.2 Å². The Morgan fingerprint density at radius 1 is 1.60 bits per heavy atom. The van der Waals surface area contributed by atoms with Crippen LogP contribution in [-0.4, -0.2) is 12.5 Å². The lowest BCUT2D eigenvalue weighted by Gasteiger charge is -2.12. The molecule has 0 saturated carbocycles. The summed E-state index contributed by atoms with van der Waals surface area (Å²) >= 11 is 0. The van der Waals surface area contributed by atoms with Crippen molar-refractivity contribution >= 4 is 5.91 Å². The maximum absolute atomic E-state index is 12.9. The fraction of sp³-hybridized carbons (Fsp3) is 0.300. The van der Waals surface area contributed by atoms with Gasteiger partial charge in [-0.25, -0.2) is 4.39 Å². The van der Waals surface area contributed by atoms with Gasteiger partial charge >= 0.3 is 0 Å².